The van der Waals surface area contributed by atoms with Crippen molar-refractivity contribution < 1.29 is 17.7 Å². The van der Waals surface area contributed by atoms with Crippen molar-refractivity contribution in [1.29, 1.82) is 0 Å². The van der Waals surface area contributed by atoms with Crippen molar-refractivity contribution in [1.82, 2.24) is 15.2 Å². The highest BCUT2D eigenvalue weighted by Crippen LogP contribution is 2.20. The minimum Gasteiger partial charge on any atom is -0.360 e. The maximum atomic E-state index is 12.2. The number of aryl methyl sites for hydroxylation is 1. The van der Waals surface area contributed by atoms with Gasteiger partial charge in [0, 0.05) is 18.2 Å². The molecule has 7 nitrogen and oxygen atoms in total. The molecule has 128 valence electrons. The first-order valence-corrected chi connectivity index (χ1v) is 9.38. The summed E-state index contributed by atoms with van der Waals surface area (Å²) in [5.74, 6) is -0.410. The fourth-order valence-corrected chi connectivity index (χ4v) is 3.82. The van der Waals surface area contributed by atoms with Crippen LogP contribution in [-0.2, 0) is 20.6 Å². The van der Waals surface area contributed by atoms with Gasteiger partial charge in [-0.3, -0.25) is 4.79 Å². The summed E-state index contributed by atoms with van der Waals surface area (Å²) in [7, 11) is -3.69. The monoisotopic (exact) mass is 349 g/mol. The first-order chi connectivity index (χ1) is 11.4. The zero-order valence-corrected chi connectivity index (χ0v) is 14.1. The number of aromatic nitrogens is 1. The quantitative estimate of drug-likeness (QED) is 0.848. The normalized spacial score (nSPS) is 18.4. The van der Waals surface area contributed by atoms with E-state index in [0.29, 0.717) is 18.7 Å². The van der Waals surface area contributed by atoms with E-state index in [4.69, 9.17) is 4.52 Å². The van der Waals surface area contributed by atoms with Crippen molar-refractivity contribution in [2.45, 2.75) is 31.6 Å². The number of hydrogen-bond donors (Lipinski definition) is 2. The fourth-order valence-electron chi connectivity index (χ4n) is 2.57. The van der Waals surface area contributed by atoms with E-state index in [2.05, 4.69) is 15.2 Å². The van der Waals surface area contributed by atoms with Gasteiger partial charge in [-0.2, -0.15) is 0 Å². The Bertz CT molecular complexity index is 827. The van der Waals surface area contributed by atoms with Crippen molar-refractivity contribution >= 4 is 15.9 Å². The maximum absolute atomic E-state index is 12.2. The molecule has 1 aliphatic rings. The first-order valence-electron chi connectivity index (χ1n) is 7.73. The molecule has 0 radical (unpaired) electrons. The third-order valence-corrected chi connectivity index (χ3v) is 5.15. The van der Waals surface area contributed by atoms with Crippen molar-refractivity contribution in [2.75, 3.05) is 6.54 Å². The molecule has 8 heteroatoms. The molecule has 1 saturated heterocycles. The molecule has 1 aliphatic heterocycles. The van der Waals surface area contributed by atoms with Gasteiger partial charge in [0.05, 0.1) is 0 Å². The van der Waals surface area contributed by atoms with E-state index in [9.17, 15) is 13.2 Å². The van der Waals surface area contributed by atoms with Gasteiger partial charge < -0.3 is 9.84 Å². The van der Waals surface area contributed by atoms with Gasteiger partial charge in [0.1, 0.15) is 17.5 Å². The van der Waals surface area contributed by atoms with Gasteiger partial charge in [0.2, 0.25) is 15.9 Å². The van der Waals surface area contributed by atoms with Crippen LogP contribution in [0.3, 0.4) is 0 Å². The number of rotatable bonds is 5. The molecular weight excluding hydrogens is 330 g/mol. The lowest BCUT2D eigenvalue weighted by atomic mass is 10.1. The van der Waals surface area contributed by atoms with Gasteiger partial charge in [-0.25, -0.2) is 13.1 Å². The third-order valence-electron chi connectivity index (χ3n) is 3.85. The number of piperidine rings is 1. The van der Waals surface area contributed by atoms with Crippen LogP contribution in [0, 0.1) is 6.92 Å². The molecule has 1 fully saturated rings. The zero-order valence-electron chi connectivity index (χ0n) is 13.3. The minimum atomic E-state index is -3.69. The first kappa shape index (κ1) is 16.7. The Labute approximate surface area is 140 Å². The lowest BCUT2D eigenvalue weighted by Gasteiger charge is -2.22. The number of benzene rings is 1. The smallest absolute Gasteiger partial charge is 0.238 e. The van der Waals surface area contributed by atoms with Crippen LogP contribution in [0.1, 0.15) is 24.2 Å². The molecule has 2 aromatic rings. The molecule has 0 saturated carbocycles. The van der Waals surface area contributed by atoms with E-state index in [1.165, 1.54) is 0 Å². The summed E-state index contributed by atoms with van der Waals surface area (Å²) in [6.45, 7) is 2.57. The summed E-state index contributed by atoms with van der Waals surface area (Å²) in [6, 6.07) is 8.58. The average molecular weight is 349 g/mol. The van der Waals surface area contributed by atoms with Gasteiger partial charge in [0.15, 0.2) is 5.76 Å². The van der Waals surface area contributed by atoms with Crippen LogP contribution in [-0.4, -0.2) is 32.1 Å². The molecule has 1 aromatic heterocycles. The van der Waals surface area contributed by atoms with Crippen LogP contribution in [0.2, 0.25) is 0 Å². The summed E-state index contributed by atoms with van der Waals surface area (Å²) in [5.41, 5.74) is 2.56. The van der Waals surface area contributed by atoms with Crippen LogP contribution in [0.5, 0.6) is 0 Å². The molecule has 0 spiro atoms. The van der Waals surface area contributed by atoms with E-state index in [-0.39, 0.29) is 17.4 Å². The van der Waals surface area contributed by atoms with Gasteiger partial charge in [-0.05, 0) is 19.8 Å². The van der Waals surface area contributed by atoms with Crippen LogP contribution < -0.4 is 10.0 Å². The van der Waals surface area contributed by atoms with Crippen molar-refractivity contribution in [2.24, 2.45) is 0 Å². The van der Waals surface area contributed by atoms with Crippen LogP contribution >= 0.6 is 0 Å². The Morgan fingerprint density at radius 1 is 1.33 bits per heavy atom. The molecule has 1 unspecified atom stereocenters. The Morgan fingerprint density at radius 3 is 2.79 bits per heavy atom. The largest absolute Gasteiger partial charge is 0.360 e. The molecular formula is C16H19N3O4S. The summed E-state index contributed by atoms with van der Waals surface area (Å²) in [5, 5.41) is 6.56. The number of amides is 1. The van der Waals surface area contributed by atoms with Gasteiger partial charge in [0.25, 0.3) is 0 Å². The molecule has 1 amide bonds. The lowest BCUT2D eigenvalue weighted by Crippen LogP contribution is -2.50. The van der Waals surface area contributed by atoms with E-state index in [0.717, 1.165) is 17.5 Å². The maximum Gasteiger partial charge on any atom is 0.238 e. The number of hydrogen-bond acceptors (Lipinski definition) is 5. The van der Waals surface area contributed by atoms with E-state index in [1.54, 1.807) is 6.07 Å². The minimum absolute atomic E-state index is 0.231. The number of carbonyl (C=O) groups excluding carboxylic acids is 1. The summed E-state index contributed by atoms with van der Waals surface area (Å²) >= 11 is 0. The second-order valence-corrected chi connectivity index (χ2v) is 7.66. The number of sulfonamides is 1. The Balaban J connectivity index is 1.69. The van der Waals surface area contributed by atoms with Crippen molar-refractivity contribution in [3.63, 3.8) is 0 Å². The van der Waals surface area contributed by atoms with Crippen LogP contribution in [0.15, 0.2) is 34.9 Å². The number of nitrogens with zero attached hydrogens (tertiary/aromatic N) is 1. The van der Waals surface area contributed by atoms with E-state index < -0.39 is 16.1 Å². The fraction of sp³-hybridized carbons (Fsp3) is 0.375. The molecule has 0 aliphatic carbocycles. The molecule has 1 atom stereocenters. The van der Waals surface area contributed by atoms with Gasteiger partial charge in [-0.1, -0.05) is 35.0 Å². The molecule has 2 N–H and O–H groups in total. The summed E-state index contributed by atoms with van der Waals surface area (Å²) in [6.07, 6.45) is 1.24. The van der Waals surface area contributed by atoms with Crippen LogP contribution in [0.4, 0.5) is 0 Å². The molecule has 24 heavy (non-hydrogen) atoms. The van der Waals surface area contributed by atoms with Crippen molar-refractivity contribution in [3.05, 3.63) is 41.7 Å². The Kier molecular flexibility index (Phi) is 4.68. The van der Waals surface area contributed by atoms with Crippen molar-refractivity contribution in [3.8, 4) is 11.3 Å². The highest BCUT2D eigenvalue weighted by molar-refractivity contribution is 7.88. The third kappa shape index (κ3) is 4.01. The highest BCUT2D eigenvalue weighted by atomic mass is 32.2. The topological polar surface area (TPSA) is 101 Å². The van der Waals surface area contributed by atoms with Gasteiger partial charge in [-0.15, -0.1) is 0 Å². The Morgan fingerprint density at radius 2 is 2.08 bits per heavy atom. The molecule has 3 rings (SSSR count). The van der Waals surface area contributed by atoms with Crippen LogP contribution in [0.25, 0.3) is 11.3 Å². The molecule has 2 heterocycles. The Hall–Kier alpha value is -2.19. The second kappa shape index (κ2) is 6.74. The lowest BCUT2D eigenvalue weighted by molar-refractivity contribution is -0.124. The summed E-state index contributed by atoms with van der Waals surface area (Å²) in [4.78, 5) is 11.7. The van der Waals surface area contributed by atoms with E-state index in [1.807, 2.05) is 31.2 Å². The predicted octanol–water partition coefficient (Wildman–Crippen LogP) is 1.35. The zero-order chi connectivity index (χ0) is 17.2. The average Bonchev–Trinajstić information content (AvgIpc) is 2.98. The van der Waals surface area contributed by atoms with Gasteiger partial charge >= 0.3 is 0 Å². The number of carbonyl (C=O) groups is 1. The van der Waals surface area contributed by atoms with E-state index >= 15 is 0 Å². The predicted molar refractivity (Wildman–Crippen MR) is 88.5 cm³/mol. The SMILES string of the molecule is Cc1ccc(-c2cc(CS(=O)(=O)NC3CCCNC3=O)on2)cc1. The highest BCUT2D eigenvalue weighted by Gasteiger charge is 2.27. The second-order valence-electron chi connectivity index (χ2n) is 5.91. The molecule has 0 bridgehead atoms. The standard InChI is InChI=1S/C16H19N3O4S/c1-11-4-6-12(7-5-11)15-9-13(23-18-15)10-24(21,22)19-14-3-2-8-17-16(14)20/h4-7,9,14,19H,2-3,8,10H2,1H3,(H,17,20). The molecule has 1 aromatic carbocycles. The summed E-state index contributed by atoms with van der Waals surface area (Å²) < 4.78 is 32.0. The number of nitrogens with one attached hydrogen (secondary N) is 2.